The number of rotatable bonds is 4. The summed E-state index contributed by atoms with van der Waals surface area (Å²) in [6, 6.07) is 7.94. The van der Waals surface area contributed by atoms with Gasteiger partial charge in [0.25, 0.3) is 0 Å². The number of nitrogens with two attached hydrogens (primary N) is 1. The average Bonchev–Trinajstić information content (AvgIpc) is 2.17. The molecule has 0 fully saturated rings. The van der Waals surface area contributed by atoms with Gasteiger partial charge in [-0.15, -0.1) is 0 Å². The number of benzene rings is 1. The lowest BCUT2D eigenvalue weighted by Gasteiger charge is -2.03. The Kier molecular flexibility index (Phi) is 4.06. The van der Waals surface area contributed by atoms with E-state index >= 15 is 0 Å². The molecular weight excluding hydrogens is 162 g/mol. The molecule has 1 rings (SSSR count). The molecule has 0 aliphatic rings. The van der Waals surface area contributed by atoms with Gasteiger partial charge < -0.3 is 10.5 Å². The molecule has 0 saturated carbocycles. The molecule has 1 aromatic rings. The summed E-state index contributed by atoms with van der Waals surface area (Å²) in [6.45, 7) is 3.12. The van der Waals surface area contributed by atoms with Gasteiger partial charge in [-0.3, -0.25) is 0 Å². The lowest BCUT2D eigenvalue weighted by Crippen LogP contribution is -2.10. The van der Waals surface area contributed by atoms with Crippen LogP contribution in [0.3, 0.4) is 0 Å². The Morgan fingerprint density at radius 2 is 2.00 bits per heavy atom. The zero-order valence-electron chi connectivity index (χ0n) is 7.86. The number of hydrogen-bond donors (Lipinski definition) is 1. The van der Waals surface area contributed by atoms with Crippen molar-refractivity contribution in [3.05, 3.63) is 35.9 Å². The fourth-order valence-corrected chi connectivity index (χ4v) is 1.04. The fourth-order valence-electron chi connectivity index (χ4n) is 1.04. The van der Waals surface area contributed by atoms with Crippen LogP contribution in [-0.2, 0) is 0 Å². The van der Waals surface area contributed by atoms with Gasteiger partial charge in [0.05, 0.1) is 0 Å². The van der Waals surface area contributed by atoms with Gasteiger partial charge in [-0.2, -0.15) is 0 Å². The maximum Gasteiger partial charge on any atom is 0.119 e. The number of ether oxygens (including phenoxy) is 1. The molecule has 0 aromatic heterocycles. The van der Waals surface area contributed by atoms with Crippen LogP contribution in [0.25, 0.3) is 6.08 Å². The van der Waals surface area contributed by atoms with Crippen molar-refractivity contribution in [3.63, 3.8) is 0 Å². The zero-order valence-corrected chi connectivity index (χ0v) is 7.86. The van der Waals surface area contributed by atoms with Gasteiger partial charge in [0.1, 0.15) is 12.4 Å². The van der Waals surface area contributed by atoms with Crippen molar-refractivity contribution in [3.8, 4) is 5.75 Å². The summed E-state index contributed by atoms with van der Waals surface area (Å²) in [5, 5.41) is 0. The highest BCUT2D eigenvalue weighted by Gasteiger charge is 1.91. The highest BCUT2D eigenvalue weighted by atomic mass is 16.5. The maximum atomic E-state index is 5.34. The highest BCUT2D eigenvalue weighted by molar-refractivity contribution is 5.50. The van der Waals surface area contributed by atoms with Crippen molar-refractivity contribution in [1.29, 1.82) is 0 Å². The van der Waals surface area contributed by atoms with E-state index in [1.54, 1.807) is 0 Å². The third-order valence-corrected chi connectivity index (χ3v) is 1.63. The molecule has 0 unspecified atom stereocenters. The smallest absolute Gasteiger partial charge is 0.119 e. The van der Waals surface area contributed by atoms with E-state index in [0.717, 1.165) is 5.75 Å². The Bertz CT molecular complexity index is 264. The van der Waals surface area contributed by atoms with Gasteiger partial charge >= 0.3 is 0 Å². The Hall–Kier alpha value is -1.28. The van der Waals surface area contributed by atoms with Crippen molar-refractivity contribution in [2.24, 2.45) is 5.73 Å². The Balaban J connectivity index is 2.58. The average molecular weight is 177 g/mol. The Morgan fingerprint density at radius 1 is 1.31 bits per heavy atom. The van der Waals surface area contributed by atoms with Crippen molar-refractivity contribution in [2.45, 2.75) is 6.92 Å². The van der Waals surface area contributed by atoms with Gasteiger partial charge in [0.2, 0.25) is 0 Å². The topological polar surface area (TPSA) is 35.2 Å². The normalized spacial score (nSPS) is 10.6. The molecule has 0 radical (unpaired) electrons. The fraction of sp³-hybridized carbons (Fsp3) is 0.273. The highest BCUT2D eigenvalue weighted by Crippen LogP contribution is 2.12. The summed E-state index contributed by atoms with van der Waals surface area (Å²) >= 11 is 0. The SMILES string of the molecule is CC=Cc1ccc(OCCN)cc1. The predicted molar refractivity (Wildman–Crippen MR) is 55.7 cm³/mol. The van der Waals surface area contributed by atoms with Gasteiger partial charge in [-0.05, 0) is 24.6 Å². The zero-order chi connectivity index (χ0) is 9.52. The minimum absolute atomic E-state index is 0.552. The molecule has 0 bridgehead atoms. The Labute approximate surface area is 79.0 Å². The molecule has 0 aliphatic carbocycles. The first-order chi connectivity index (χ1) is 6.36. The molecule has 2 nitrogen and oxygen atoms in total. The minimum Gasteiger partial charge on any atom is -0.492 e. The summed E-state index contributed by atoms with van der Waals surface area (Å²) in [5.74, 6) is 0.874. The number of hydrogen-bond acceptors (Lipinski definition) is 2. The lowest BCUT2D eigenvalue weighted by atomic mass is 10.2. The number of allylic oxidation sites excluding steroid dienone is 1. The molecule has 0 atom stereocenters. The minimum atomic E-state index is 0.552. The second-order valence-electron chi connectivity index (χ2n) is 2.71. The molecule has 0 spiro atoms. The van der Waals surface area contributed by atoms with E-state index in [4.69, 9.17) is 10.5 Å². The maximum absolute atomic E-state index is 5.34. The van der Waals surface area contributed by atoms with Gasteiger partial charge in [0, 0.05) is 6.54 Å². The molecule has 1 aromatic carbocycles. The van der Waals surface area contributed by atoms with Crippen LogP contribution in [0.4, 0.5) is 0 Å². The molecule has 0 amide bonds. The molecule has 13 heavy (non-hydrogen) atoms. The van der Waals surface area contributed by atoms with Gasteiger partial charge in [-0.1, -0.05) is 24.3 Å². The van der Waals surface area contributed by atoms with E-state index in [1.165, 1.54) is 5.56 Å². The van der Waals surface area contributed by atoms with E-state index < -0.39 is 0 Å². The van der Waals surface area contributed by atoms with Crippen molar-refractivity contribution in [1.82, 2.24) is 0 Å². The van der Waals surface area contributed by atoms with Crippen LogP contribution in [0.1, 0.15) is 12.5 Å². The first-order valence-corrected chi connectivity index (χ1v) is 4.42. The first kappa shape index (κ1) is 9.81. The standard InChI is InChI=1S/C11H15NO/c1-2-3-10-4-6-11(7-5-10)13-9-8-12/h2-7H,8-9,12H2,1H3. The van der Waals surface area contributed by atoms with Crippen LogP contribution in [0.15, 0.2) is 30.3 Å². The Morgan fingerprint density at radius 3 is 2.54 bits per heavy atom. The van der Waals surface area contributed by atoms with Gasteiger partial charge in [0.15, 0.2) is 0 Å². The molecule has 0 heterocycles. The first-order valence-electron chi connectivity index (χ1n) is 4.42. The van der Waals surface area contributed by atoms with Crippen molar-refractivity contribution < 1.29 is 4.74 Å². The summed E-state index contributed by atoms with van der Waals surface area (Å²) in [6.07, 6.45) is 4.06. The third-order valence-electron chi connectivity index (χ3n) is 1.63. The van der Waals surface area contributed by atoms with Crippen LogP contribution in [-0.4, -0.2) is 13.2 Å². The summed E-state index contributed by atoms with van der Waals surface area (Å²) < 4.78 is 5.34. The summed E-state index contributed by atoms with van der Waals surface area (Å²) in [7, 11) is 0. The predicted octanol–water partition coefficient (Wildman–Crippen LogP) is 2.06. The quantitative estimate of drug-likeness (QED) is 0.764. The van der Waals surface area contributed by atoms with E-state index in [-0.39, 0.29) is 0 Å². The monoisotopic (exact) mass is 177 g/mol. The molecule has 2 N–H and O–H groups in total. The van der Waals surface area contributed by atoms with Gasteiger partial charge in [-0.25, -0.2) is 0 Å². The lowest BCUT2D eigenvalue weighted by molar-refractivity contribution is 0.328. The van der Waals surface area contributed by atoms with Crippen LogP contribution in [0.5, 0.6) is 5.75 Å². The van der Waals surface area contributed by atoms with Crippen LogP contribution < -0.4 is 10.5 Å². The molecule has 0 saturated heterocycles. The molecule has 0 aliphatic heterocycles. The molecule has 70 valence electrons. The third kappa shape index (κ3) is 3.30. The largest absolute Gasteiger partial charge is 0.492 e. The van der Waals surface area contributed by atoms with E-state index in [0.29, 0.717) is 13.2 Å². The summed E-state index contributed by atoms with van der Waals surface area (Å²) in [5.41, 5.74) is 6.50. The second kappa shape index (κ2) is 5.38. The van der Waals surface area contributed by atoms with Crippen LogP contribution >= 0.6 is 0 Å². The van der Waals surface area contributed by atoms with Crippen LogP contribution in [0, 0.1) is 0 Å². The van der Waals surface area contributed by atoms with E-state index in [2.05, 4.69) is 0 Å². The van der Waals surface area contributed by atoms with Crippen molar-refractivity contribution >= 4 is 6.08 Å². The second-order valence-corrected chi connectivity index (χ2v) is 2.71. The van der Waals surface area contributed by atoms with Crippen LogP contribution in [0.2, 0.25) is 0 Å². The summed E-state index contributed by atoms with van der Waals surface area (Å²) in [4.78, 5) is 0. The molecule has 2 heteroatoms. The van der Waals surface area contributed by atoms with Crippen molar-refractivity contribution in [2.75, 3.05) is 13.2 Å². The molecular formula is C11H15NO. The van der Waals surface area contributed by atoms with E-state index in [9.17, 15) is 0 Å². The van der Waals surface area contributed by atoms with E-state index in [1.807, 2.05) is 43.3 Å².